The molecule has 2 N–H and O–H groups in total. The molecule has 0 radical (unpaired) electrons. The van der Waals surface area contributed by atoms with Gasteiger partial charge in [0.25, 0.3) is 0 Å². The van der Waals surface area contributed by atoms with Gasteiger partial charge in [0.1, 0.15) is 5.82 Å². The van der Waals surface area contributed by atoms with Gasteiger partial charge in [0.2, 0.25) is 0 Å². The number of benzene rings is 2. The van der Waals surface area contributed by atoms with Crippen LogP contribution in [0.15, 0.2) is 47.5 Å². The van der Waals surface area contributed by atoms with Crippen LogP contribution in [0.25, 0.3) is 0 Å². The molecule has 2 atom stereocenters. The molecule has 5 nitrogen and oxygen atoms in total. The lowest BCUT2D eigenvalue weighted by Gasteiger charge is -2.13. The minimum atomic E-state index is -3.22. The molecule has 2 aromatic carbocycles. The van der Waals surface area contributed by atoms with Crippen molar-refractivity contribution in [2.75, 3.05) is 12.8 Å². The maximum atomic E-state index is 13.7. The summed E-state index contributed by atoms with van der Waals surface area (Å²) in [5.74, 6) is 0.444. The number of halogens is 2. The molecule has 0 bridgehead atoms. The highest BCUT2D eigenvalue weighted by atomic mass is 35.5. The van der Waals surface area contributed by atoms with E-state index in [1.54, 1.807) is 0 Å². The van der Waals surface area contributed by atoms with E-state index in [1.165, 1.54) is 23.8 Å². The van der Waals surface area contributed by atoms with Crippen molar-refractivity contribution in [3.8, 4) is 0 Å². The standard InChI is InChI=1S/C21H25ClFN3O2S/c1-3-24-21(26-20-11-19(20)14-5-4-6-17(22)9-14)25-12-16-10-18(23)8-7-15(16)13-29(2,27)28/h4-10,19-20H,3,11-13H2,1-2H3,(H2,24,25,26). The third kappa shape index (κ3) is 6.44. The van der Waals surface area contributed by atoms with E-state index in [2.05, 4.69) is 21.7 Å². The minimum absolute atomic E-state index is 0.137. The molecule has 2 aromatic rings. The summed E-state index contributed by atoms with van der Waals surface area (Å²) in [6, 6.07) is 12.2. The van der Waals surface area contributed by atoms with Gasteiger partial charge in [0, 0.05) is 29.8 Å². The Labute approximate surface area is 176 Å². The van der Waals surface area contributed by atoms with Gasteiger partial charge in [-0.05, 0) is 54.3 Å². The Kier molecular flexibility index (Phi) is 6.80. The molecule has 0 aliphatic heterocycles. The van der Waals surface area contributed by atoms with Crippen LogP contribution in [0.4, 0.5) is 4.39 Å². The molecule has 1 saturated carbocycles. The molecule has 2 unspecified atom stereocenters. The first-order valence-electron chi connectivity index (χ1n) is 9.50. The summed E-state index contributed by atoms with van der Waals surface area (Å²) in [6.45, 7) is 2.84. The molecular formula is C21H25ClFN3O2S. The molecule has 8 heteroatoms. The van der Waals surface area contributed by atoms with Crippen LogP contribution in [0.2, 0.25) is 5.02 Å². The molecule has 0 saturated heterocycles. The van der Waals surface area contributed by atoms with Crippen molar-refractivity contribution in [2.24, 2.45) is 4.99 Å². The van der Waals surface area contributed by atoms with Crippen molar-refractivity contribution in [3.05, 3.63) is 70.0 Å². The fraction of sp³-hybridized carbons (Fsp3) is 0.381. The van der Waals surface area contributed by atoms with Crippen molar-refractivity contribution in [1.82, 2.24) is 10.6 Å². The zero-order valence-electron chi connectivity index (χ0n) is 16.5. The number of aliphatic imine (C=N–C) groups is 1. The van der Waals surface area contributed by atoms with E-state index in [9.17, 15) is 12.8 Å². The molecule has 156 valence electrons. The van der Waals surface area contributed by atoms with Crippen LogP contribution in [0.3, 0.4) is 0 Å². The maximum absolute atomic E-state index is 13.7. The van der Waals surface area contributed by atoms with Gasteiger partial charge in [-0.15, -0.1) is 0 Å². The summed E-state index contributed by atoms with van der Waals surface area (Å²) >= 11 is 6.08. The largest absolute Gasteiger partial charge is 0.357 e. The molecule has 3 rings (SSSR count). The zero-order valence-corrected chi connectivity index (χ0v) is 18.0. The van der Waals surface area contributed by atoms with Gasteiger partial charge in [-0.2, -0.15) is 0 Å². The number of nitrogens with one attached hydrogen (secondary N) is 2. The third-order valence-electron chi connectivity index (χ3n) is 4.73. The summed E-state index contributed by atoms with van der Waals surface area (Å²) < 4.78 is 37.0. The second kappa shape index (κ2) is 9.13. The normalized spacial score (nSPS) is 19.1. The van der Waals surface area contributed by atoms with Crippen molar-refractivity contribution in [2.45, 2.75) is 37.6 Å². The van der Waals surface area contributed by atoms with E-state index < -0.39 is 15.7 Å². The zero-order chi connectivity index (χ0) is 21.0. The number of hydrogen-bond acceptors (Lipinski definition) is 3. The average molecular weight is 438 g/mol. The maximum Gasteiger partial charge on any atom is 0.191 e. The summed E-state index contributed by atoms with van der Waals surface area (Å²) in [6.07, 6.45) is 2.14. The smallest absolute Gasteiger partial charge is 0.191 e. The van der Waals surface area contributed by atoms with Gasteiger partial charge in [-0.1, -0.05) is 29.8 Å². The Hall–Kier alpha value is -2.12. The Morgan fingerprint density at radius 1 is 1.24 bits per heavy atom. The van der Waals surface area contributed by atoms with E-state index in [1.807, 2.05) is 25.1 Å². The van der Waals surface area contributed by atoms with Crippen molar-refractivity contribution in [3.63, 3.8) is 0 Å². The van der Waals surface area contributed by atoms with Crippen molar-refractivity contribution in [1.29, 1.82) is 0 Å². The molecule has 1 fully saturated rings. The Balaban J connectivity index is 1.71. The van der Waals surface area contributed by atoms with E-state index in [4.69, 9.17) is 11.6 Å². The molecular weight excluding hydrogens is 413 g/mol. The first-order valence-corrected chi connectivity index (χ1v) is 11.9. The van der Waals surface area contributed by atoms with E-state index >= 15 is 0 Å². The second-order valence-electron chi connectivity index (χ2n) is 7.33. The number of nitrogens with zero attached hydrogens (tertiary/aromatic N) is 1. The van der Waals surface area contributed by atoms with Crippen LogP contribution < -0.4 is 10.6 Å². The monoisotopic (exact) mass is 437 g/mol. The number of sulfone groups is 1. The lowest BCUT2D eigenvalue weighted by atomic mass is 10.1. The number of rotatable bonds is 7. The van der Waals surface area contributed by atoms with Crippen LogP contribution in [0.1, 0.15) is 36.0 Å². The van der Waals surface area contributed by atoms with E-state index in [-0.39, 0.29) is 18.3 Å². The third-order valence-corrected chi connectivity index (χ3v) is 5.80. The van der Waals surface area contributed by atoms with Gasteiger partial charge in [0.15, 0.2) is 15.8 Å². The Morgan fingerprint density at radius 2 is 2.03 bits per heavy atom. The minimum Gasteiger partial charge on any atom is -0.357 e. The van der Waals surface area contributed by atoms with Crippen LogP contribution in [-0.4, -0.2) is 33.2 Å². The molecule has 29 heavy (non-hydrogen) atoms. The van der Waals surface area contributed by atoms with E-state index in [0.717, 1.165) is 17.7 Å². The lowest BCUT2D eigenvalue weighted by molar-refractivity contribution is 0.600. The van der Waals surface area contributed by atoms with Crippen LogP contribution >= 0.6 is 11.6 Å². The van der Waals surface area contributed by atoms with Gasteiger partial charge in [-0.25, -0.2) is 17.8 Å². The predicted octanol–water partition coefficient (Wildman–Crippen LogP) is 3.63. The lowest BCUT2D eigenvalue weighted by Crippen LogP contribution is -2.39. The molecule has 1 aliphatic rings. The number of guanidine groups is 1. The first kappa shape index (κ1) is 21.6. The van der Waals surface area contributed by atoms with Gasteiger partial charge in [-0.3, -0.25) is 0 Å². The Bertz CT molecular complexity index is 1010. The van der Waals surface area contributed by atoms with E-state index in [0.29, 0.717) is 29.5 Å². The van der Waals surface area contributed by atoms with Crippen molar-refractivity contribution < 1.29 is 12.8 Å². The van der Waals surface area contributed by atoms with Crippen molar-refractivity contribution >= 4 is 27.4 Å². The summed E-state index contributed by atoms with van der Waals surface area (Å²) in [5.41, 5.74) is 2.32. The quantitative estimate of drug-likeness (QED) is 0.512. The highest BCUT2D eigenvalue weighted by Gasteiger charge is 2.39. The van der Waals surface area contributed by atoms with Gasteiger partial charge in [0.05, 0.1) is 12.3 Å². The topological polar surface area (TPSA) is 70.6 Å². The van der Waals surface area contributed by atoms with Crippen LogP contribution in [0.5, 0.6) is 0 Å². The van der Waals surface area contributed by atoms with Gasteiger partial charge >= 0.3 is 0 Å². The predicted molar refractivity (Wildman–Crippen MR) is 115 cm³/mol. The Morgan fingerprint density at radius 3 is 2.72 bits per heavy atom. The molecule has 0 aromatic heterocycles. The fourth-order valence-electron chi connectivity index (χ4n) is 3.28. The second-order valence-corrected chi connectivity index (χ2v) is 9.90. The highest BCUT2D eigenvalue weighted by Crippen LogP contribution is 2.41. The summed E-state index contributed by atoms with van der Waals surface area (Å²) in [7, 11) is -3.22. The van der Waals surface area contributed by atoms with Crippen LogP contribution in [0, 0.1) is 5.82 Å². The molecule has 0 spiro atoms. The highest BCUT2D eigenvalue weighted by molar-refractivity contribution is 7.89. The first-order chi connectivity index (χ1) is 13.7. The summed E-state index contributed by atoms with van der Waals surface area (Å²) in [4.78, 5) is 4.55. The van der Waals surface area contributed by atoms with Gasteiger partial charge < -0.3 is 10.6 Å². The number of hydrogen-bond donors (Lipinski definition) is 2. The average Bonchev–Trinajstić information content (AvgIpc) is 3.40. The molecule has 0 heterocycles. The molecule has 0 amide bonds. The molecule has 1 aliphatic carbocycles. The SMILES string of the molecule is CCNC(=NCc1cc(F)ccc1CS(C)(=O)=O)NC1CC1c1cccc(Cl)c1. The summed E-state index contributed by atoms with van der Waals surface area (Å²) in [5, 5.41) is 7.31. The van der Waals surface area contributed by atoms with Crippen LogP contribution in [-0.2, 0) is 22.1 Å². The fourth-order valence-corrected chi connectivity index (χ4v) is 4.33.